The van der Waals surface area contributed by atoms with E-state index in [2.05, 4.69) is 15.5 Å². The molecular formula is C17H11F4N3OS2. The number of nitrogens with zero attached hydrogens (tertiary/aromatic N) is 2. The van der Waals surface area contributed by atoms with Gasteiger partial charge in [0.25, 0.3) is 5.91 Å². The second kappa shape index (κ2) is 8.05. The lowest BCUT2D eigenvalue weighted by atomic mass is 10.1. The zero-order valence-electron chi connectivity index (χ0n) is 13.5. The van der Waals surface area contributed by atoms with E-state index < -0.39 is 17.6 Å². The van der Waals surface area contributed by atoms with Crippen LogP contribution in [0.25, 0.3) is 0 Å². The van der Waals surface area contributed by atoms with Gasteiger partial charge >= 0.3 is 6.18 Å². The summed E-state index contributed by atoms with van der Waals surface area (Å²) in [6.07, 6.45) is -4.53. The lowest BCUT2D eigenvalue weighted by Crippen LogP contribution is -2.13. The van der Waals surface area contributed by atoms with Crippen LogP contribution in [0.1, 0.15) is 21.5 Å². The Kier molecular flexibility index (Phi) is 5.76. The van der Waals surface area contributed by atoms with Crippen molar-refractivity contribution < 1.29 is 22.4 Å². The molecule has 0 fully saturated rings. The fraction of sp³-hybridized carbons (Fsp3) is 0.118. The number of halogens is 4. The molecule has 1 amide bonds. The molecule has 2 aromatic carbocycles. The van der Waals surface area contributed by atoms with Crippen molar-refractivity contribution in [3.63, 3.8) is 0 Å². The van der Waals surface area contributed by atoms with Gasteiger partial charge in [-0.25, -0.2) is 4.39 Å². The van der Waals surface area contributed by atoms with Crippen molar-refractivity contribution >= 4 is 34.1 Å². The van der Waals surface area contributed by atoms with Crippen molar-refractivity contribution in [2.24, 2.45) is 0 Å². The fourth-order valence-corrected chi connectivity index (χ4v) is 3.81. The summed E-state index contributed by atoms with van der Waals surface area (Å²) in [6, 6.07) is 10.4. The molecule has 0 saturated carbocycles. The van der Waals surface area contributed by atoms with Crippen LogP contribution in [0.15, 0.2) is 52.9 Å². The molecule has 1 aromatic heterocycles. The highest BCUT2D eigenvalue weighted by Crippen LogP contribution is 2.31. The highest BCUT2D eigenvalue weighted by Gasteiger charge is 2.31. The minimum absolute atomic E-state index is 0.138. The number of hydrogen-bond donors (Lipinski definition) is 1. The van der Waals surface area contributed by atoms with Crippen LogP contribution >= 0.6 is 23.1 Å². The van der Waals surface area contributed by atoms with Gasteiger partial charge in [0, 0.05) is 11.3 Å². The number of aromatic nitrogens is 2. The largest absolute Gasteiger partial charge is 0.416 e. The second-order valence-corrected chi connectivity index (χ2v) is 7.49. The molecule has 4 nitrogen and oxygen atoms in total. The molecule has 140 valence electrons. The molecule has 27 heavy (non-hydrogen) atoms. The van der Waals surface area contributed by atoms with Crippen LogP contribution in [0.3, 0.4) is 0 Å². The first kappa shape index (κ1) is 19.3. The lowest BCUT2D eigenvalue weighted by Gasteiger charge is -2.08. The molecule has 0 spiro atoms. The lowest BCUT2D eigenvalue weighted by molar-refractivity contribution is -0.137. The van der Waals surface area contributed by atoms with E-state index >= 15 is 0 Å². The molecule has 0 aliphatic heterocycles. The van der Waals surface area contributed by atoms with Crippen molar-refractivity contribution in [1.82, 2.24) is 10.2 Å². The summed E-state index contributed by atoms with van der Waals surface area (Å²) in [5, 5.41) is 10.2. The zero-order valence-corrected chi connectivity index (χ0v) is 15.1. The average molecular weight is 413 g/mol. The van der Waals surface area contributed by atoms with Crippen molar-refractivity contribution in [1.29, 1.82) is 0 Å². The molecule has 3 aromatic rings. The number of carbonyl (C=O) groups excluding carboxylic acids is 1. The highest BCUT2D eigenvalue weighted by molar-refractivity contribution is 8.00. The quantitative estimate of drug-likeness (QED) is 0.353. The maximum atomic E-state index is 13.6. The van der Waals surface area contributed by atoms with Crippen LogP contribution in [0.4, 0.5) is 22.7 Å². The Morgan fingerprint density at radius 2 is 1.89 bits per heavy atom. The SMILES string of the molecule is O=C(Nc1nnc(SCc2ccccc2F)s1)c1cccc(C(F)(F)F)c1. The van der Waals surface area contributed by atoms with Crippen molar-refractivity contribution in [2.45, 2.75) is 16.3 Å². The van der Waals surface area contributed by atoms with Crippen molar-refractivity contribution in [2.75, 3.05) is 5.32 Å². The predicted octanol–water partition coefficient (Wildman–Crippen LogP) is 5.24. The summed E-state index contributed by atoms with van der Waals surface area (Å²) in [7, 11) is 0. The first-order chi connectivity index (χ1) is 12.8. The van der Waals surface area contributed by atoms with E-state index in [4.69, 9.17) is 0 Å². The number of thioether (sulfide) groups is 1. The van der Waals surface area contributed by atoms with Crippen LogP contribution < -0.4 is 5.32 Å². The van der Waals surface area contributed by atoms with Gasteiger partial charge in [0.15, 0.2) is 4.34 Å². The Hall–Kier alpha value is -2.46. The normalized spacial score (nSPS) is 11.4. The Morgan fingerprint density at radius 3 is 2.63 bits per heavy atom. The van der Waals surface area contributed by atoms with E-state index in [9.17, 15) is 22.4 Å². The molecule has 1 heterocycles. The van der Waals surface area contributed by atoms with E-state index in [0.29, 0.717) is 15.7 Å². The minimum Gasteiger partial charge on any atom is -0.296 e. The van der Waals surface area contributed by atoms with Crippen molar-refractivity contribution in [3.05, 3.63) is 71.0 Å². The predicted molar refractivity (Wildman–Crippen MR) is 95.3 cm³/mol. The molecule has 0 atom stereocenters. The molecule has 1 N–H and O–H groups in total. The summed E-state index contributed by atoms with van der Waals surface area (Å²) < 4.78 is 52.3. The Labute approximate surface area is 159 Å². The standard InChI is InChI=1S/C17H11F4N3OS2/c18-13-7-2-1-4-11(13)9-26-16-24-23-15(27-16)22-14(25)10-5-3-6-12(8-10)17(19,20)21/h1-8H,9H2,(H,22,23,25). The molecule has 0 aliphatic rings. The van der Waals surface area contributed by atoms with E-state index in [-0.39, 0.29) is 16.5 Å². The monoisotopic (exact) mass is 413 g/mol. The highest BCUT2D eigenvalue weighted by atomic mass is 32.2. The van der Waals surface area contributed by atoms with Crippen LogP contribution in [-0.2, 0) is 11.9 Å². The van der Waals surface area contributed by atoms with Gasteiger partial charge in [-0.2, -0.15) is 13.2 Å². The van der Waals surface area contributed by atoms with Crippen LogP contribution in [-0.4, -0.2) is 16.1 Å². The molecule has 10 heteroatoms. The van der Waals surface area contributed by atoms with Crippen LogP contribution in [0.2, 0.25) is 0 Å². The van der Waals surface area contributed by atoms with Gasteiger partial charge in [0.1, 0.15) is 5.82 Å². The topological polar surface area (TPSA) is 54.9 Å². The summed E-state index contributed by atoms with van der Waals surface area (Å²) >= 11 is 2.30. The number of rotatable bonds is 5. The van der Waals surface area contributed by atoms with Crippen molar-refractivity contribution in [3.8, 4) is 0 Å². The maximum absolute atomic E-state index is 13.6. The van der Waals surface area contributed by atoms with Crippen LogP contribution in [0.5, 0.6) is 0 Å². The Balaban J connectivity index is 1.64. The number of amides is 1. The smallest absolute Gasteiger partial charge is 0.296 e. The summed E-state index contributed by atoms with van der Waals surface area (Å²) in [4.78, 5) is 12.1. The molecule has 3 rings (SSSR count). The van der Waals surface area contributed by atoms with E-state index in [1.807, 2.05) is 0 Å². The summed E-state index contributed by atoms with van der Waals surface area (Å²) in [5.41, 5.74) is -0.540. The van der Waals surface area contributed by atoms with E-state index in [0.717, 1.165) is 29.5 Å². The van der Waals surface area contributed by atoms with Gasteiger partial charge in [-0.15, -0.1) is 10.2 Å². The van der Waals surface area contributed by atoms with Gasteiger partial charge in [-0.3, -0.25) is 10.1 Å². The summed E-state index contributed by atoms with van der Waals surface area (Å²) in [6.45, 7) is 0. The third-order valence-corrected chi connectivity index (χ3v) is 5.41. The third-order valence-electron chi connectivity index (χ3n) is 3.39. The fourth-order valence-electron chi connectivity index (χ4n) is 2.08. The van der Waals surface area contributed by atoms with E-state index in [1.165, 1.54) is 23.9 Å². The Morgan fingerprint density at radius 1 is 1.11 bits per heavy atom. The average Bonchev–Trinajstić information content (AvgIpc) is 3.08. The first-order valence-corrected chi connectivity index (χ1v) is 9.31. The maximum Gasteiger partial charge on any atom is 0.416 e. The van der Waals surface area contributed by atoms with Gasteiger partial charge in [-0.05, 0) is 29.8 Å². The summed E-state index contributed by atoms with van der Waals surface area (Å²) in [5.74, 6) is -0.710. The molecule has 0 unspecified atom stereocenters. The van der Waals surface area contributed by atoms with Gasteiger partial charge in [0.2, 0.25) is 5.13 Å². The zero-order chi connectivity index (χ0) is 19.4. The number of hydrogen-bond acceptors (Lipinski definition) is 5. The molecule has 0 saturated heterocycles. The second-order valence-electron chi connectivity index (χ2n) is 5.29. The number of benzene rings is 2. The Bertz CT molecular complexity index is 959. The molecule has 0 radical (unpaired) electrons. The molecule has 0 aliphatic carbocycles. The van der Waals surface area contributed by atoms with Gasteiger partial charge in [-0.1, -0.05) is 47.4 Å². The minimum atomic E-state index is -4.53. The van der Waals surface area contributed by atoms with Gasteiger partial charge in [0.05, 0.1) is 5.56 Å². The number of nitrogens with one attached hydrogen (secondary N) is 1. The number of carbonyl (C=O) groups is 1. The van der Waals surface area contributed by atoms with E-state index in [1.54, 1.807) is 18.2 Å². The first-order valence-electron chi connectivity index (χ1n) is 7.51. The number of alkyl halides is 3. The molecular weight excluding hydrogens is 402 g/mol. The molecule has 0 bridgehead atoms. The third kappa shape index (κ3) is 5.04. The van der Waals surface area contributed by atoms with Gasteiger partial charge < -0.3 is 0 Å². The number of anilines is 1. The van der Waals surface area contributed by atoms with Crippen LogP contribution in [0, 0.1) is 5.82 Å².